The van der Waals surface area contributed by atoms with E-state index in [1.54, 1.807) is 0 Å². The third-order valence-corrected chi connectivity index (χ3v) is 3.93. The van der Waals surface area contributed by atoms with Gasteiger partial charge in [-0.2, -0.15) is 0 Å². The molecule has 1 N–H and O–H groups in total. The fourth-order valence-electron chi connectivity index (χ4n) is 2.54. The van der Waals surface area contributed by atoms with Gasteiger partial charge in [0, 0.05) is 17.1 Å². The summed E-state index contributed by atoms with van der Waals surface area (Å²) in [6.07, 6.45) is 11.1. The Kier molecular flexibility index (Phi) is 5.27. The predicted molar refractivity (Wildman–Crippen MR) is 79.0 cm³/mol. The Bertz CT molecular complexity index is 400. The zero-order chi connectivity index (χ0) is 12.8. The van der Waals surface area contributed by atoms with Crippen molar-refractivity contribution in [2.24, 2.45) is 0 Å². The molecule has 0 aromatic heterocycles. The van der Waals surface area contributed by atoms with E-state index in [4.69, 9.17) is 11.6 Å². The van der Waals surface area contributed by atoms with Gasteiger partial charge in [-0.05, 0) is 37.8 Å². The lowest BCUT2D eigenvalue weighted by Crippen LogP contribution is -2.30. The molecule has 1 aromatic rings. The van der Waals surface area contributed by atoms with Crippen molar-refractivity contribution in [2.75, 3.05) is 0 Å². The van der Waals surface area contributed by atoms with Gasteiger partial charge in [-0.3, -0.25) is 0 Å². The van der Waals surface area contributed by atoms with Crippen LogP contribution in [0.5, 0.6) is 0 Å². The van der Waals surface area contributed by atoms with Crippen molar-refractivity contribution in [2.45, 2.75) is 51.1 Å². The lowest BCUT2D eigenvalue weighted by molar-refractivity contribution is 0.462. The summed E-state index contributed by atoms with van der Waals surface area (Å²) in [5.74, 6) is 0. The molecule has 0 saturated carbocycles. The Hall–Kier alpha value is -0.790. The topological polar surface area (TPSA) is 12.0 Å². The second-order valence-corrected chi connectivity index (χ2v) is 5.49. The number of rotatable bonds is 3. The fourth-order valence-corrected chi connectivity index (χ4v) is 2.84. The van der Waals surface area contributed by atoms with Gasteiger partial charge >= 0.3 is 0 Å². The van der Waals surface area contributed by atoms with Crippen LogP contribution >= 0.6 is 11.6 Å². The van der Waals surface area contributed by atoms with Gasteiger partial charge in [-0.15, -0.1) is 0 Å². The van der Waals surface area contributed by atoms with Gasteiger partial charge in [0.05, 0.1) is 0 Å². The maximum Gasteiger partial charge on any atom is 0.0453 e. The maximum absolute atomic E-state index is 6.24. The van der Waals surface area contributed by atoms with Crippen LogP contribution in [0.2, 0.25) is 5.02 Å². The minimum absolute atomic E-state index is 0.299. The molecule has 98 valence electrons. The average molecular weight is 264 g/mol. The van der Waals surface area contributed by atoms with Crippen molar-refractivity contribution < 1.29 is 0 Å². The molecule has 1 aliphatic carbocycles. The summed E-state index contributed by atoms with van der Waals surface area (Å²) in [6.45, 7) is 2.19. The summed E-state index contributed by atoms with van der Waals surface area (Å²) in [4.78, 5) is 0. The van der Waals surface area contributed by atoms with E-state index in [2.05, 4.69) is 30.5 Å². The van der Waals surface area contributed by atoms with Crippen LogP contribution in [0.25, 0.3) is 0 Å². The highest BCUT2D eigenvalue weighted by Crippen LogP contribution is 2.23. The minimum Gasteiger partial charge on any atom is -0.304 e. The van der Waals surface area contributed by atoms with Gasteiger partial charge in [-0.1, -0.05) is 54.8 Å². The summed E-state index contributed by atoms with van der Waals surface area (Å²) in [7, 11) is 0. The highest BCUT2D eigenvalue weighted by atomic mass is 35.5. The van der Waals surface area contributed by atoms with E-state index >= 15 is 0 Å². The van der Waals surface area contributed by atoms with Crippen molar-refractivity contribution in [3.8, 4) is 0 Å². The molecule has 0 heterocycles. The van der Waals surface area contributed by atoms with Gasteiger partial charge < -0.3 is 5.32 Å². The first-order valence-corrected chi connectivity index (χ1v) is 7.32. The maximum atomic E-state index is 6.24. The van der Waals surface area contributed by atoms with Crippen LogP contribution in [0.15, 0.2) is 36.4 Å². The number of allylic oxidation sites excluding steroid dienone is 1. The second-order valence-electron chi connectivity index (χ2n) is 5.08. The van der Waals surface area contributed by atoms with Gasteiger partial charge in [0.2, 0.25) is 0 Å². The predicted octanol–water partition coefficient (Wildman–Crippen LogP) is 4.88. The summed E-state index contributed by atoms with van der Waals surface area (Å²) in [6, 6.07) is 8.88. The van der Waals surface area contributed by atoms with E-state index in [1.165, 1.54) is 37.7 Å². The first-order valence-electron chi connectivity index (χ1n) is 6.94. The van der Waals surface area contributed by atoms with Gasteiger partial charge in [0.1, 0.15) is 0 Å². The molecule has 1 nitrogen and oxygen atoms in total. The number of benzene rings is 1. The van der Waals surface area contributed by atoms with Crippen LogP contribution < -0.4 is 5.32 Å². The van der Waals surface area contributed by atoms with Crippen LogP contribution in [0.4, 0.5) is 0 Å². The highest BCUT2D eigenvalue weighted by molar-refractivity contribution is 6.31. The van der Waals surface area contributed by atoms with Crippen molar-refractivity contribution in [3.63, 3.8) is 0 Å². The molecule has 18 heavy (non-hydrogen) atoms. The molecule has 0 aliphatic heterocycles. The lowest BCUT2D eigenvalue weighted by atomic mass is 10.0. The molecule has 2 rings (SSSR count). The number of hydrogen-bond donors (Lipinski definition) is 1. The molecule has 0 fully saturated rings. The molecule has 2 atom stereocenters. The number of halogens is 1. The third kappa shape index (κ3) is 3.86. The Morgan fingerprint density at radius 2 is 2.06 bits per heavy atom. The summed E-state index contributed by atoms with van der Waals surface area (Å²) < 4.78 is 0. The van der Waals surface area contributed by atoms with E-state index in [0.717, 1.165) is 5.02 Å². The first-order chi connectivity index (χ1) is 8.77. The fraction of sp³-hybridized carbons (Fsp3) is 0.500. The van der Waals surface area contributed by atoms with E-state index < -0.39 is 0 Å². The SMILES string of the molecule is C[C@@H](NC1/C=C/CCCCC1)c1ccccc1Cl. The van der Waals surface area contributed by atoms with Crippen molar-refractivity contribution >= 4 is 11.6 Å². The first kappa shape index (κ1) is 13.6. The lowest BCUT2D eigenvalue weighted by Gasteiger charge is -2.23. The Morgan fingerprint density at radius 1 is 1.22 bits per heavy atom. The van der Waals surface area contributed by atoms with E-state index in [9.17, 15) is 0 Å². The largest absolute Gasteiger partial charge is 0.304 e. The summed E-state index contributed by atoms with van der Waals surface area (Å²) in [5.41, 5.74) is 1.19. The molecule has 0 bridgehead atoms. The minimum atomic E-state index is 0.299. The molecule has 1 unspecified atom stereocenters. The monoisotopic (exact) mass is 263 g/mol. The third-order valence-electron chi connectivity index (χ3n) is 3.59. The molecule has 0 saturated heterocycles. The molecule has 0 radical (unpaired) electrons. The Balaban J connectivity index is 1.99. The van der Waals surface area contributed by atoms with Gasteiger partial charge in [0.15, 0.2) is 0 Å². The molecule has 1 aromatic carbocycles. The van der Waals surface area contributed by atoms with E-state index in [1.807, 2.05) is 18.2 Å². The van der Waals surface area contributed by atoms with Crippen LogP contribution in [0.3, 0.4) is 0 Å². The zero-order valence-electron chi connectivity index (χ0n) is 11.0. The molecular formula is C16H22ClN. The quantitative estimate of drug-likeness (QED) is 0.767. The Morgan fingerprint density at radius 3 is 2.89 bits per heavy atom. The van der Waals surface area contributed by atoms with Crippen LogP contribution in [-0.2, 0) is 0 Å². The number of nitrogens with one attached hydrogen (secondary N) is 1. The van der Waals surface area contributed by atoms with Crippen LogP contribution in [0.1, 0.15) is 50.6 Å². The average Bonchev–Trinajstić information content (AvgIpc) is 2.33. The smallest absolute Gasteiger partial charge is 0.0453 e. The number of hydrogen-bond acceptors (Lipinski definition) is 1. The normalized spacial score (nSPS) is 24.0. The summed E-state index contributed by atoms with van der Waals surface area (Å²) in [5, 5.41) is 4.53. The van der Waals surface area contributed by atoms with Gasteiger partial charge in [-0.25, -0.2) is 0 Å². The van der Waals surface area contributed by atoms with Gasteiger partial charge in [0.25, 0.3) is 0 Å². The highest BCUT2D eigenvalue weighted by Gasteiger charge is 2.13. The molecule has 1 aliphatic rings. The van der Waals surface area contributed by atoms with Crippen molar-refractivity contribution in [1.29, 1.82) is 0 Å². The second kappa shape index (κ2) is 6.96. The molecule has 0 spiro atoms. The molecule has 2 heteroatoms. The Labute approximate surface area is 115 Å². The van der Waals surface area contributed by atoms with Crippen LogP contribution in [0, 0.1) is 0 Å². The summed E-state index contributed by atoms with van der Waals surface area (Å²) >= 11 is 6.24. The van der Waals surface area contributed by atoms with Crippen molar-refractivity contribution in [1.82, 2.24) is 5.32 Å². The van der Waals surface area contributed by atoms with E-state index in [0.29, 0.717) is 12.1 Å². The van der Waals surface area contributed by atoms with Crippen LogP contribution in [-0.4, -0.2) is 6.04 Å². The van der Waals surface area contributed by atoms with E-state index in [-0.39, 0.29) is 0 Å². The molecule has 0 amide bonds. The zero-order valence-corrected chi connectivity index (χ0v) is 11.8. The molecular weight excluding hydrogens is 242 g/mol. The standard InChI is InChI=1S/C16H22ClN/c1-13(15-11-7-8-12-16(15)17)18-14-9-5-3-2-4-6-10-14/h5,7-9,11-14,18H,2-4,6,10H2,1H3/b9-5+/t13-,14?/m1/s1. The van der Waals surface area contributed by atoms with Crippen molar-refractivity contribution in [3.05, 3.63) is 47.0 Å².